The molecular formula is C20H18N4O4S. The van der Waals surface area contributed by atoms with Gasteiger partial charge in [0.25, 0.3) is 11.2 Å². The largest absolute Gasteiger partial charge is 0.343 e. The van der Waals surface area contributed by atoms with Crippen molar-refractivity contribution in [3.05, 3.63) is 80.3 Å². The molecule has 2 aliphatic rings. The number of fused-ring (bicyclic) bond motifs is 2. The zero-order chi connectivity index (χ0) is 20.5. The first-order chi connectivity index (χ1) is 14.0. The monoisotopic (exact) mass is 410 g/mol. The van der Waals surface area contributed by atoms with Crippen molar-refractivity contribution in [2.45, 2.75) is 23.9 Å². The Labute approximate surface area is 170 Å². The summed E-state index contributed by atoms with van der Waals surface area (Å²) in [6.07, 6.45) is 4.71. The Balaban J connectivity index is 1.87. The molecule has 4 rings (SSSR count). The van der Waals surface area contributed by atoms with E-state index in [4.69, 9.17) is 0 Å². The lowest BCUT2D eigenvalue weighted by Gasteiger charge is -2.36. The summed E-state index contributed by atoms with van der Waals surface area (Å²) in [7, 11) is 0. The minimum atomic E-state index is -0.555. The molecule has 2 N–H and O–H groups in total. The van der Waals surface area contributed by atoms with Gasteiger partial charge in [0, 0.05) is 35.9 Å². The standard InChI is InChI=1S/C20H18N4O4S/c1-2-10-29-20-22-18-17(19(26)23-20)15(11-6-8-12(9-7-11)24(27)28)16-13(21-18)4-3-5-14(16)25/h2,4,6-9,15-16H,1,3,5,10H2,(H2,21,22,23,26)/t15-,16-/m0/s1. The molecule has 2 atom stereocenters. The molecule has 1 aliphatic carbocycles. The van der Waals surface area contributed by atoms with Crippen LogP contribution in [-0.4, -0.2) is 26.4 Å². The molecule has 2 heterocycles. The summed E-state index contributed by atoms with van der Waals surface area (Å²) in [4.78, 5) is 43.6. The summed E-state index contributed by atoms with van der Waals surface area (Å²) in [6.45, 7) is 3.67. The highest BCUT2D eigenvalue weighted by Gasteiger charge is 2.42. The summed E-state index contributed by atoms with van der Waals surface area (Å²) in [5.74, 6) is -0.0420. The Kier molecular flexibility index (Phi) is 5.06. The molecule has 9 heteroatoms. The van der Waals surface area contributed by atoms with Crippen molar-refractivity contribution in [1.82, 2.24) is 9.97 Å². The second-order valence-corrected chi connectivity index (χ2v) is 7.84. The van der Waals surface area contributed by atoms with Gasteiger partial charge in [0.05, 0.1) is 16.4 Å². The van der Waals surface area contributed by atoms with E-state index in [1.54, 1.807) is 18.2 Å². The minimum absolute atomic E-state index is 0.0357. The first-order valence-electron chi connectivity index (χ1n) is 9.11. The van der Waals surface area contributed by atoms with E-state index >= 15 is 0 Å². The molecule has 0 spiro atoms. The van der Waals surface area contributed by atoms with Gasteiger partial charge in [-0.25, -0.2) is 4.98 Å². The van der Waals surface area contributed by atoms with Gasteiger partial charge < -0.3 is 10.3 Å². The highest BCUT2D eigenvalue weighted by molar-refractivity contribution is 7.99. The number of rotatable bonds is 5. The number of nitro groups is 1. The number of Topliss-reactive ketones (excluding diaryl/α,β-unsaturated/α-hetero) is 1. The summed E-state index contributed by atoms with van der Waals surface area (Å²) in [5.41, 5.74) is 1.41. The Morgan fingerprint density at radius 1 is 1.28 bits per heavy atom. The van der Waals surface area contributed by atoms with Crippen LogP contribution in [0.3, 0.4) is 0 Å². The fraction of sp³-hybridized carbons (Fsp3) is 0.250. The lowest BCUT2D eigenvalue weighted by molar-refractivity contribution is -0.384. The zero-order valence-electron chi connectivity index (χ0n) is 15.4. The molecule has 0 amide bonds. The average molecular weight is 410 g/mol. The van der Waals surface area contributed by atoms with Gasteiger partial charge in [-0.15, -0.1) is 6.58 Å². The van der Waals surface area contributed by atoms with Crippen LogP contribution in [-0.2, 0) is 4.79 Å². The molecule has 0 radical (unpaired) electrons. The molecule has 0 fully saturated rings. The predicted molar refractivity (Wildman–Crippen MR) is 110 cm³/mol. The summed E-state index contributed by atoms with van der Waals surface area (Å²) < 4.78 is 0. The van der Waals surface area contributed by atoms with Crippen LogP contribution < -0.4 is 10.9 Å². The van der Waals surface area contributed by atoms with E-state index in [0.717, 1.165) is 5.70 Å². The SMILES string of the molecule is C=CCSc1nc2c(c(=O)[nH]1)[C@@H](c1ccc([N+](=O)[O-])cc1)[C@@H]1C(=O)CCC=C1N2. The number of benzene rings is 1. The lowest BCUT2D eigenvalue weighted by atomic mass is 9.72. The van der Waals surface area contributed by atoms with Crippen LogP contribution >= 0.6 is 11.8 Å². The number of non-ortho nitro benzene ring substituents is 1. The number of hydrogen-bond acceptors (Lipinski definition) is 7. The number of hydrogen-bond donors (Lipinski definition) is 2. The third-order valence-electron chi connectivity index (χ3n) is 5.08. The number of carbonyl (C=O) groups is 1. The number of allylic oxidation sites excluding steroid dienone is 2. The van der Waals surface area contributed by atoms with Crippen molar-refractivity contribution >= 4 is 29.1 Å². The van der Waals surface area contributed by atoms with Crippen LogP contribution in [0, 0.1) is 16.0 Å². The number of nitro benzene ring substituents is 1. The van der Waals surface area contributed by atoms with E-state index in [2.05, 4.69) is 21.9 Å². The van der Waals surface area contributed by atoms with E-state index in [0.29, 0.717) is 40.7 Å². The van der Waals surface area contributed by atoms with Gasteiger partial charge in [-0.2, -0.15) is 0 Å². The first-order valence-corrected chi connectivity index (χ1v) is 10.1. The van der Waals surface area contributed by atoms with E-state index in [1.807, 2.05) is 6.08 Å². The fourth-order valence-corrected chi connectivity index (χ4v) is 4.43. The third-order valence-corrected chi connectivity index (χ3v) is 5.95. The maximum Gasteiger partial charge on any atom is 0.269 e. The Morgan fingerprint density at radius 2 is 2.03 bits per heavy atom. The molecule has 0 unspecified atom stereocenters. The Bertz CT molecular complexity index is 1090. The third kappa shape index (κ3) is 3.49. The van der Waals surface area contributed by atoms with Crippen LogP contribution in [0.4, 0.5) is 11.5 Å². The molecule has 0 saturated carbocycles. The number of H-pyrrole nitrogens is 1. The molecule has 8 nitrogen and oxygen atoms in total. The van der Waals surface area contributed by atoms with E-state index in [9.17, 15) is 19.7 Å². The van der Waals surface area contributed by atoms with Crippen LogP contribution in [0.15, 0.2) is 58.6 Å². The van der Waals surface area contributed by atoms with E-state index < -0.39 is 16.8 Å². The number of anilines is 1. The molecule has 0 bridgehead atoms. The molecule has 29 heavy (non-hydrogen) atoms. The second kappa shape index (κ2) is 7.67. The quantitative estimate of drug-likeness (QED) is 0.255. The van der Waals surface area contributed by atoms with Crippen LogP contribution in [0.2, 0.25) is 0 Å². The number of carbonyl (C=O) groups excluding carboxylic acids is 1. The van der Waals surface area contributed by atoms with Gasteiger partial charge in [0.15, 0.2) is 5.16 Å². The number of aromatic amines is 1. The average Bonchev–Trinajstić information content (AvgIpc) is 2.71. The minimum Gasteiger partial charge on any atom is -0.343 e. The van der Waals surface area contributed by atoms with Crippen LogP contribution in [0.5, 0.6) is 0 Å². The molecule has 2 aromatic rings. The zero-order valence-corrected chi connectivity index (χ0v) is 16.2. The molecular weight excluding hydrogens is 392 g/mol. The van der Waals surface area contributed by atoms with Gasteiger partial charge >= 0.3 is 0 Å². The fourth-order valence-electron chi connectivity index (χ4n) is 3.84. The van der Waals surface area contributed by atoms with Gasteiger partial charge in [0.2, 0.25) is 0 Å². The maximum atomic E-state index is 13.0. The number of thioether (sulfide) groups is 1. The topological polar surface area (TPSA) is 118 Å². The smallest absolute Gasteiger partial charge is 0.269 e. The number of aromatic nitrogens is 2. The van der Waals surface area contributed by atoms with E-state index in [1.165, 1.54) is 23.9 Å². The van der Waals surface area contributed by atoms with Crippen molar-refractivity contribution in [2.75, 3.05) is 11.1 Å². The van der Waals surface area contributed by atoms with Crippen molar-refractivity contribution < 1.29 is 9.72 Å². The van der Waals surface area contributed by atoms with Crippen molar-refractivity contribution in [1.29, 1.82) is 0 Å². The maximum absolute atomic E-state index is 13.0. The summed E-state index contributed by atoms with van der Waals surface area (Å²) in [6, 6.07) is 6.00. The molecule has 1 aromatic carbocycles. The van der Waals surface area contributed by atoms with Crippen LogP contribution in [0.1, 0.15) is 29.9 Å². The van der Waals surface area contributed by atoms with Crippen molar-refractivity contribution in [2.24, 2.45) is 5.92 Å². The van der Waals surface area contributed by atoms with E-state index in [-0.39, 0.29) is 17.0 Å². The van der Waals surface area contributed by atoms with Crippen molar-refractivity contribution in [3.63, 3.8) is 0 Å². The molecule has 0 saturated heterocycles. The highest BCUT2D eigenvalue weighted by atomic mass is 32.2. The molecule has 148 valence electrons. The summed E-state index contributed by atoms with van der Waals surface area (Å²) in [5, 5.41) is 14.6. The van der Waals surface area contributed by atoms with Crippen LogP contribution in [0.25, 0.3) is 0 Å². The number of ketones is 1. The van der Waals surface area contributed by atoms with Gasteiger partial charge in [-0.05, 0) is 12.0 Å². The molecule has 1 aliphatic heterocycles. The lowest BCUT2D eigenvalue weighted by Crippen LogP contribution is -2.38. The van der Waals surface area contributed by atoms with Gasteiger partial charge in [-0.1, -0.05) is 36.0 Å². The normalized spacial score (nSPS) is 20.1. The number of nitrogens with zero attached hydrogens (tertiary/aromatic N) is 2. The van der Waals surface area contributed by atoms with Crippen molar-refractivity contribution in [3.8, 4) is 0 Å². The number of nitrogens with one attached hydrogen (secondary N) is 2. The highest BCUT2D eigenvalue weighted by Crippen LogP contribution is 2.45. The first kappa shape index (κ1) is 19.1. The van der Waals surface area contributed by atoms with Gasteiger partial charge in [0.1, 0.15) is 11.6 Å². The van der Waals surface area contributed by atoms with Gasteiger partial charge in [-0.3, -0.25) is 19.7 Å². The predicted octanol–water partition coefficient (Wildman–Crippen LogP) is 3.38. The Hall–Kier alpha value is -3.20. The second-order valence-electron chi connectivity index (χ2n) is 6.83. The molecule has 1 aromatic heterocycles. The summed E-state index contributed by atoms with van der Waals surface area (Å²) >= 11 is 1.35. The Morgan fingerprint density at radius 3 is 2.72 bits per heavy atom.